The summed E-state index contributed by atoms with van der Waals surface area (Å²) >= 11 is 1.68. The fourth-order valence-electron chi connectivity index (χ4n) is 4.43. The number of nitrogens with one attached hydrogen (secondary N) is 2. The molecule has 2 N–H and O–H groups in total. The molecule has 1 aliphatic carbocycles. The maximum Gasteiger partial charge on any atom is 0.223 e. The van der Waals surface area contributed by atoms with Crippen LogP contribution in [0.5, 0.6) is 0 Å². The molecule has 1 aliphatic rings. The van der Waals surface area contributed by atoms with Crippen molar-refractivity contribution in [3.05, 3.63) is 6.20 Å². The fourth-order valence-corrected chi connectivity index (χ4v) is 5.12. The number of aromatic nitrogens is 4. The third-order valence-corrected chi connectivity index (χ3v) is 7.45. The first-order valence-electron chi connectivity index (χ1n) is 12.9. The number of hydrogen-bond acceptors (Lipinski definition) is 6. The Balaban J connectivity index is 1.58. The topological polar surface area (TPSA) is 84.7 Å². The van der Waals surface area contributed by atoms with Crippen molar-refractivity contribution in [1.82, 2.24) is 25.1 Å². The highest BCUT2D eigenvalue weighted by Gasteiger charge is 2.25. The van der Waals surface area contributed by atoms with Gasteiger partial charge in [-0.05, 0) is 43.9 Å². The standard InChI is InChI=1S/C25H42N6OS/c1-5-7-8-19-9-11-20(12-10-19)24(32)26-13-14-31-23-21(17-28-31)22(27-16-18(3)4)29-25(30-23)33-15-6-2/h17-20H,5-16H2,1-4H3,(H,26,32)(H,27,29,30). The summed E-state index contributed by atoms with van der Waals surface area (Å²) in [7, 11) is 0. The molecule has 0 aliphatic heterocycles. The Morgan fingerprint density at radius 2 is 1.97 bits per heavy atom. The van der Waals surface area contributed by atoms with Gasteiger partial charge in [0.2, 0.25) is 5.91 Å². The van der Waals surface area contributed by atoms with Gasteiger partial charge in [0, 0.05) is 24.8 Å². The van der Waals surface area contributed by atoms with Gasteiger partial charge in [-0.1, -0.05) is 58.7 Å². The van der Waals surface area contributed by atoms with Gasteiger partial charge in [-0.2, -0.15) is 5.10 Å². The second-order valence-electron chi connectivity index (χ2n) is 9.73. The molecule has 2 heterocycles. The van der Waals surface area contributed by atoms with Crippen LogP contribution in [0.1, 0.15) is 79.1 Å². The first kappa shape index (κ1) is 25.8. The molecule has 7 nitrogen and oxygen atoms in total. The molecule has 0 spiro atoms. The summed E-state index contributed by atoms with van der Waals surface area (Å²) in [5, 5.41) is 12.9. The van der Waals surface area contributed by atoms with E-state index in [1.165, 1.54) is 32.1 Å². The Bertz CT molecular complexity index is 875. The monoisotopic (exact) mass is 474 g/mol. The largest absolute Gasteiger partial charge is 0.369 e. The maximum atomic E-state index is 12.7. The van der Waals surface area contributed by atoms with Gasteiger partial charge in [-0.15, -0.1) is 0 Å². The SMILES string of the molecule is CCCCC1CCC(C(=O)NCCn2ncc3c(NCC(C)C)nc(SCCC)nc32)CC1. The predicted molar refractivity (Wildman–Crippen MR) is 138 cm³/mol. The van der Waals surface area contributed by atoms with Crippen LogP contribution in [-0.2, 0) is 11.3 Å². The number of fused-ring (bicyclic) bond motifs is 1. The van der Waals surface area contributed by atoms with E-state index in [9.17, 15) is 4.79 Å². The zero-order chi connectivity index (χ0) is 23.6. The normalized spacial score (nSPS) is 18.7. The van der Waals surface area contributed by atoms with Crippen molar-refractivity contribution in [3.63, 3.8) is 0 Å². The number of hydrogen-bond donors (Lipinski definition) is 2. The van der Waals surface area contributed by atoms with E-state index in [-0.39, 0.29) is 11.8 Å². The first-order valence-corrected chi connectivity index (χ1v) is 13.9. The van der Waals surface area contributed by atoms with E-state index < -0.39 is 0 Å². The number of nitrogens with zero attached hydrogens (tertiary/aromatic N) is 4. The Hall–Kier alpha value is -1.83. The average Bonchev–Trinajstić information content (AvgIpc) is 3.23. The van der Waals surface area contributed by atoms with Crippen molar-refractivity contribution in [2.45, 2.75) is 90.8 Å². The summed E-state index contributed by atoms with van der Waals surface area (Å²) in [5.41, 5.74) is 0.834. The van der Waals surface area contributed by atoms with Gasteiger partial charge < -0.3 is 10.6 Å². The van der Waals surface area contributed by atoms with Crippen LogP contribution in [-0.4, -0.2) is 44.5 Å². The highest BCUT2D eigenvalue weighted by Crippen LogP contribution is 2.32. The van der Waals surface area contributed by atoms with Crippen LogP contribution in [0.15, 0.2) is 11.4 Å². The van der Waals surface area contributed by atoms with E-state index in [2.05, 4.69) is 43.4 Å². The van der Waals surface area contributed by atoms with Gasteiger partial charge in [-0.3, -0.25) is 4.79 Å². The van der Waals surface area contributed by atoms with Crippen LogP contribution in [0.3, 0.4) is 0 Å². The van der Waals surface area contributed by atoms with E-state index in [4.69, 9.17) is 9.97 Å². The summed E-state index contributed by atoms with van der Waals surface area (Å²) in [6.45, 7) is 10.8. The molecule has 8 heteroatoms. The molecule has 0 bridgehead atoms. The molecular weight excluding hydrogens is 432 g/mol. The van der Waals surface area contributed by atoms with Gasteiger partial charge in [0.15, 0.2) is 10.8 Å². The van der Waals surface area contributed by atoms with Gasteiger partial charge in [0.05, 0.1) is 18.1 Å². The van der Waals surface area contributed by atoms with Crippen LogP contribution >= 0.6 is 11.8 Å². The molecule has 1 fully saturated rings. The van der Waals surface area contributed by atoms with Crippen molar-refractivity contribution in [2.75, 3.05) is 24.2 Å². The van der Waals surface area contributed by atoms with E-state index in [0.717, 1.165) is 59.5 Å². The number of unbranched alkanes of at least 4 members (excludes halogenated alkanes) is 1. The Kier molecular flexibility index (Phi) is 10.3. The fraction of sp³-hybridized carbons (Fsp3) is 0.760. The molecule has 0 aromatic carbocycles. The van der Waals surface area contributed by atoms with Crippen LogP contribution in [0.4, 0.5) is 5.82 Å². The molecule has 0 saturated heterocycles. The zero-order valence-corrected chi connectivity index (χ0v) is 21.7. The Labute approximate surface area is 203 Å². The maximum absolute atomic E-state index is 12.7. The van der Waals surface area contributed by atoms with Crippen molar-refractivity contribution in [1.29, 1.82) is 0 Å². The molecule has 33 heavy (non-hydrogen) atoms. The molecule has 1 saturated carbocycles. The van der Waals surface area contributed by atoms with E-state index >= 15 is 0 Å². The first-order chi connectivity index (χ1) is 16.0. The lowest BCUT2D eigenvalue weighted by Crippen LogP contribution is -2.35. The number of rotatable bonds is 13. The van der Waals surface area contributed by atoms with Gasteiger partial charge in [0.1, 0.15) is 5.82 Å². The number of carbonyl (C=O) groups excluding carboxylic acids is 1. The van der Waals surface area contributed by atoms with Crippen molar-refractivity contribution < 1.29 is 4.79 Å². The number of thioether (sulfide) groups is 1. The zero-order valence-electron chi connectivity index (χ0n) is 20.9. The molecular formula is C25H42N6OS. The molecule has 0 unspecified atom stereocenters. The third kappa shape index (κ3) is 7.59. The summed E-state index contributed by atoms with van der Waals surface area (Å²) in [6.07, 6.45) is 11.3. The van der Waals surface area contributed by atoms with Gasteiger partial charge in [0.25, 0.3) is 0 Å². The lowest BCUT2D eigenvalue weighted by atomic mass is 9.79. The minimum atomic E-state index is 0.170. The predicted octanol–water partition coefficient (Wildman–Crippen LogP) is 5.51. The molecule has 2 aromatic heterocycles. The van der Waals surface area contributed by atoms with Crippen LogP contribution in [0.2, 0.25) is 0 Å². The summed E-state index contributed by atoms with van der Waals surface area (Å²) in [6, 6.07) is 0. The lowest BCUT2D eigenvalue weighted by Gasteiger charge is -2.27. The smallest absolute Gasteiger partial charge is 0.223 e. The van der Waals surface area contributed by atoms with E-state index in [1.807, 2.05) is 10.9 Å². The molecule has 0 atom stereocenters. The number of amides is 1. The highest BCUT2D eigenvalue weighted by molar-refractivity contribution is 7.99. The lowest BCUT2D eigenvalue weighted by molar-refractivity contribution is -0.126. The van der Waals surface area contributed by atoms with Gasteiger partial charge in [-0.25, -0.2) is 14.6 Å². The third-order valence-electron chi connectivity index (χ3n) is 6.40. The average molecular weight is 475 g/mol. The van der Waals surface area contributed by atoms with Crippen molar-refractivity contribution in [2.24, 2.45) is 17.8 Å². The van der Waals surface area contributed by atoms with Crippen LogP contribution < -0.4 is 10.6 Å². The van der Waals surface area contributed by atoms with Crippen LogP contribution in [0.25, 0.3) is 11.0 Å². The second-order valence-corrected chi connectivity index (χ2v) is 10.8. The minimum Gasteiger partial charge on any atom is -0.369 e. The molecule has 3 rings (SSSR count). The van der Waals surface area contributed by atoms with Crippen LogP contribution in [0, 0.1) is 17.8 Å². The second kappa shape index (κ2) is 13.2. The summed E-state index contributed by atoms with van der Waals surface area (Å²) in [4.78, 5) is 22.2. The highest BCUT2D eigenvalue weighted by atomic mass is 32.2. The summed E-state index contributed by atoms with van der Waals surface area (Å²) in [5.74, 6) is 3.55. The van der Waals surface area contributed by atoms with E-state index in [1.54, 1.807) is 11.8 Å². The Morgan fingerprint density at radius 1 is 1.18 bits per heavy atom. The quantitative estimate of drug-likeness (QED) is 0.294. The number of anilines is 1. The Morgan fingerprint density at radius 3 is 2.67 bits per heavy atom. The molecule has 0 radical (unpaired) electrons. The molecule has 184 valence electrons. The van der Waals surface area contributed by atoms with Crippen molar-refractivity contribution >= 4 is 34.5 Å². The van der Waals surface area contributed by atoms with Crippen molar-refractivity contribution in [3.8, 4) is 0 Å². The van der Waals surface area contributed by atoms with E-state index in [0.29, 0.717) is 19.0 Å². The molecule has 1 amide bonds. The minimum absolute atomic E-state index is 0.170. The number of carbonyl (C=O) groups is 1. The summed E-state index contributed by atoms with van der Waals surface area (Å²) < 4.78 is 1.90. The van der Waals surface area contributed by atoms with Gasteiger partial charge >= 0.3 is 0 Å². The molecule has 2 aromatic rings.